The van der Waals surface area contributed by atoms with E-state index in [2.05, 4.69) is 0 Å². The summed E-state index contributed by atoms with van der Waals surface area (Å²) >= 11 is 0. The molecule has 5 heteroatoms. The van der Waals surface area contributed by atoms with Crippen molar-refractivity contribution in [2.24, 2.45) is 0 Å². The van der Waals surface area contributed by atoms with E-state index in [4.69, 9.17) is 0 Å². The third-order valence-corrected chi connectivity index (χ3v) is 6.63. The first kappa shape index (κ1) is 15.6. The number of anilines is 2. The van der Waals surface area contributed by atoms with Crippen LogP contribution in [0.5, 0.6) is 0 Å². The first-order chi connectivity index (χ1) is 9.98. The highest BCUT2D eigenvalue weighted by molar-refractivity contribution is 7.64. The van der Waals surface area contributed by atoms with Crippen LogP contribution in [0.3, 0.4) is 0 Å². The van der Waals surface area contributed by atoms with Gasteiger partial charge in [0, 0.05) is 25.5 Å². The maximum Gasteiger partial charge on any atom is 0.334 e. The number of rotatable bonds is 5. The van der Waals surface area contributed by atoms with E-state index in [0.29, 0.717) is 0 Å². The van der Waals surface area contributed by atoms with Gasteiger partial charge in [-0.15, -0.1) is 0 Å². The molecule has 0 aromatic heterocycles. The van der Waals surface area contributed by atoms with Gasteiger partial charge in [-0.3, -0.25) is 13.9 Å². The van der Waals surface area contributed by atoms with Crippen molar-refractivity contribution in [3.63, 3.8) is 0 Å². The van der Waals surface area contributed by atoms with Gasteiger partial charge < -0.3 is 0 Å². The van der Waals surface area contributed by atoms with Crippen molar-refractivity contribution in [3.05, 3.63) is 60.7 Å². The molecule has 0 saturated heterocycles. The Morgan fingerprint density at radius 3 is 1.29 bits per heavy atom. The molecule has 0 aliphatic heterocycles. The highest BCUT2D eigenvalue weighted by atomic mass is 31.2. The molecule has 21 heavy (non-hydrogen) atoms. The fraction of sp³-hybridized carbons (Fsp3) is 0.250. The summed E-state index contributed by atoms with van der Waals surface area (Å²) in [6, 6.07) is 19.6. The van der Waals surface area contributed by atoms with E-state index in [9.17, 15) is 4.57 Å². The first-order valence-electron chi connectivity index (χ1n) is 6.84. The van der Waals surface area contributed by atoms with Crippen LogP contribution in [0.4, 0.5) is 11.4 Å². The van der Waals surface area contributed by atoms with E-state index < -0.39 is 7.59 Å². The van der Waals surface area contributed by atoms with Gasteiger partial charge in [-0.1, -0.05) is 36.4 Å². The highest BCUT2D eigenvalue weighted by Gasteiger charge is 2.36. The minimum absolute atomic E-state index is 0.928. The van der Waals surface area contributed by atoms with E-state index in [-0.39, 0.29) is 0 Å². The summed E-state index contributed by atoms with van der Waals surface area (Å²) in [6.07, 6.45) is 0. The van der Waals surface area contributed by atoms with Gasteiger partial charge in [-0.25, -0.2) is 4.67 Å². The second-order valence-electron chi connectivity index (χ2n) is 5.08. The monoisotopic (exact) mass is 303 g/mol. The summed E-state index contributed by atoms with van der Waals surface area (Å²) in [4.78, 5) is 0. The zero-order chi connectivity index (χ0) is 15.5. The summed E-state index contributed by atoms with van der Waals surface area (Å²) in [5.41, 5.74) is 1.86. The number of hydrogen-bond donors (Lipinski definition) is 0. The SMILES string of the molecule is CN(C)P(=O)(N(C)c1ccccc1)N(C)c1ccccc1. The number of nitrogens with zero attached hydrogens (tertiary/aromatic N) is 3. The summed E-state index contributed by atoms with van der Waals surface area (Å²) in [5.74, 6) is 0. The Bertz CT molecular complexity index is 566. The molecule has 0 spiro atoms. The smallest absolute Gasteiger partial charge is 0.298 e. The molecule has 0 fully saturated rings. The molecular formula is C16H22N3OP. The number of benzene rings is 2. The van der Waals surface area contributed by atoms with E-state index in [1.165, 1.54) is 0 Å². The lowest BCUT2D eigenvalue weighted by Gasteiger charge is -2.40. The highest BCUT2D eigenvalue weighted by Crippen LogP contribution is 2.56. The van der Waals surface area contributed by atoms with Gasteiger partial charge >= 0.3 is 7.59 Å². The van der Waals surface area contributed by atoms with Crippen LogP contribution in [-0.4, -0.2) is 32.9 Å². The second-order valence-corrected chi connectivity index (χ2v) is 8.11. The predicted octanol–water partition coefficient (Wildman–Crippen LogP) is 3.93. The molecule has 0 N–H and O–H groups in total. The minimum atomic E-state index is -2.92. The van der Waals surface area contributed by atoms with E-state index in [0.717, 1.165) is 11.4 Å². The van der Waals surface area contributed by atoms with Crippen LogP contribution in [0.1, 0.15) is 0 Å². The fourth-order valence-electron chi connectivity index (χ4n) is 2.33. The Kier molecular flexibility index (Phi) is 4.71. The molecule has 0 bridgehead atoms. The average Bonchev–Trinajstić information content (AvgIpc) is 2.54. The van der Waals surface area contributed by atoms with Crippen molar-refractivity contribution in [2.45, 2.75) is 0 Å². The van der Waals surface area contributed by atoms with Crippen molar-refractivity contribution < 1.29 is 4.57 Å². The normalized spacial score (nSPS) is 11.5. The fourth-order valence-corrected chi connectivity index (χ4v) is 4.67. The Hall–Kier alpha value is -1.77. The van der Waals surface area contributed by atoms with Crippen LogP contribution in [0.2, 0.25) is 0 Å². The molecule has 0 saturated carbocycles. The summed E-state index contributed by atoms with van der Waals surface area (Å²) < 4.78 is 19.2. The van der Waals surface area contributed by atoms with Crippen LogP contribution in [-0.2, 0) is 4.57 Å². The third kappa shape index (κ3) is 2.97. The lowest BCUT2D eigenvalue weighted by Crippen LogP contribution is -2.34. The molecule has 0 radical (unpaired) electrons. The van der Waals surface area contributed by atoms with E-state index in [1.807, 2.05) is 98.2 Å². The Morgan fingerprint density at radius 2 is 1.00 bits per heavy atom. The number of hydrogen-bond acceptors (Lipinski definition) is 1. The van der Waals surface area contributed by atoms with E-state index >= 15 is 0 Å². The Labute approximate surface area is 127 Å². The molecule has 4 nitrogen and oxygen atoms in total. The molecule has 0 atom stereocenters. The number of para-hydroxylation sites is 2. The van der Waals surface area contributed by atoms with Crippen molar-refractivity contribution in [1.82, 2.24) is 4.67 Å². The first-order valence-corrected chi connectivity index (χ1v) is 8.41. The van der Waals surface area contributed by atoms with Crippen LogP contribution >= 0.6 is 7.59 Å². The molecule has 0 aliphatic carbocycles. The third-order valence-electron chi connectivity index (χ3n) is 3.56. The summed E-state index contributed by atoms with van der Waals surface area (Å²) in [5, 5.41) is 0. The quantitative estimate of drug-likeness (QED) is 0.782. The Morgan fingerprint density at radius 1 is 0.667 bits per heavy atom. The molecule has 0 amide bonds. The molecule has 0 heterocycles. The van der Waals surface area contributed by atoms with Gasteiger partial charge in [-0.05, 0) is 38.4 Å². The maximum atomic E-state index is 13.7. The summed E-state index contributed by atoms with van der Waals surface area (Å²) in [7, 11) is 4.52. The van der Waals surface area contributed by atoms with Crippen LogP contribution in [0.15, 0.2) is 60.7 Å². The van der Waals surface area contributed by atoms with Crippen molar-refractivity contribution in [2.75, 3.05) is 37.5 Å². The van der Waals surface area contributed by atoms with Crippen molar-refractivity contribution in [3.8, 4) is 0 Å². The lowest BCUT2D eigenvalue weighted by atomic mass is 10.3. The van der Waals surface area contributed by atoms with Crippen LogP contribution < -0.4 is 9.34 Å². The molecule has 112 valence electrons. The molecular weight excluding hydrogens is 281 g/mol. The zero-order valence-electron chi connectivity index (χ0n) is 13.0. The van der Waals surface area contributed by atoms with Crippen molar-refractivity contribution in [1.29, 1.82) is 0 Å². The standard InChI is InChI=1S/C16H22N3OP/c1-17(2)21(20,18(3)15-11-7-5-8-12-15)19(4)16-13-9-6-10-14-16/h5-14H,1-4H3. The van der Waals surface area contributed by atoms with Gasteiger partial charge in [0.05, 0.1) is 0 Å². The summed E-state index contributed by atoms with van der Waals surface area (Å²) in [6.45, 7) is 0. The van der Waals surface area contributed by atoms with Gasteiger partial charge in [0.25, 0.3) is 0 Å². The van der Waals surface area contributed by atoms with Gasteiger partial charge in [0.2, 0.25) is 0 Å². The molecule has 2 aromatic rings. The zero-order valence-corrected chi connectivity index (χ0v) is 13.9. The Balaban J connectivity index is 2.44. The average molecular weight is 303 g/mol. The molecule has 2 aromatic carbocycles. The molecule has 2 rings (SSSR count). The second kappa shape index (κ2) is 6.33. The van der Waals surface area contributed by atoms with Gasteiger partial charge in [0.1, 0.15) is 0 Å². The lowest BCUT2D eigenvalue weighted by molar-refractivity contribution is 0.510. The van der Waals surface area contributed by atoms with Gasteiger partial charge in [0.15, 0.2) is 0 Å². The van der Waals surface area contributed by atoms with Crippen LogP contribution in [0.25, 0.3) is 0 Å². The predicted molar refractivity (Wildman–Crippen MR) is 91.0 cm³/mol. The topological polar surface area (TPSA) is 26.8 Å². The minimum Gasteiger partial charge on any atom is -0.298 e. The largest absolute Gasteiger partial charge is 0.334 e. The van der Waals surface area contributed by atoms with Crippen molar-refractivity contribution >= 4 is 19.0 Å². The maximum absolute atomic E-state index is 13.7. The van der Waals surface area contributed by atoms with Gasteiger partial charge in [-0.2, -0.15) is 0 Å². The van der Waals surface area contributed by atoms with Crippen LogP contribution in [0, 0.1) is 0 Å². The van der Waals surface area contributed by atoms with E-state index in [1.54, 1.807) is 4.67 Å². The molecule has 0 aliphatic rings. The molecule has 0 unspecified atom stereocenters.